The van der Waals surface area contributed by atoms with Crippen molar-refractivity contribution in [2.24, 2.45) is 11.3 Å². The second-order valence-corrected chi connectivity index (χ2v) is 8.72. The van der Waals surface area contributed by atoms with Crippen molar-refractivity contribution in [1.82, 2.24) is 9.80 Å². The summed E-state index contributed by atoms with van der Waals surface area (Å²) in [5, 5.41) is 0. The number of likely N-dealkylation sites (tertiary alicyclic amines) is 2. The molecule has 0 saturated carbocycles. The van der Waals surface area contributed by atoms with Crippen molar-refractivity contribution in [3.05, 3.63) is 35.6 Å². The molecular weight excluding hydrogens is 359 g/mol. The first-order valence-electron chi connectivity index (χ1n) is 10.2. The van der Waals surface area contributed by atoms with Gasteiger partial charge in [0.25, 0.3) is 0 Å². The minimum absolute atomic E-state index is 0.0379. The molecule has 2 aliphatic heterocycles. The van der Waals surface area contributed by atoms with Crippen LogP contribution in [0.25, 0.3) is 0 Å². The molecular formula is C22H31FN2O3. The minimum Gasteiger partial charge on any atom is -0.383 e. The topological polar surface area (TPSA) is 49.9 Å². The fourth-order valence-electron chi connectivity index (χ4n) is 4.61. The van der Waals surface area contributed by atoms with Crippen LogP contribution in [-0.4, -0.2) is 55.0 Å². The molecule has 1 aromatic rings. The Morgan fingerprint density at radius 2 is 2.07 bits per heavy atom. The summed E-state index contributed by atoms with van der Waals surface area (Å²) in [6.07, 6.45) is 2.83. The number of rotatable bonds is 5. The van der Waals surface area contributed by atoms with E-state index in [1.807, 2.05) is 4.90 Å². The molecule has 0 unspecified atom stereocenters. The quantitative estimate of drug-likeness (QED) is 0.774. The predicted octanol–water partition coefficient (Wildman–Crippen LogP) is 3.40. The van der Waals surface area contributed by atoms with Crippen molar-refractivity contribution < 1.29 is 18.7 Å². The van der Waals surface area contributed by atoms with Gasteiger partial charge in [0.05, 0.1) is 18.6 Å². The van der Waals surface area contributed by atoms with Gasteiger partial charge in [0.1, 0.15) is 5.82 Å². The van der Waals surface area contributed by atoms with Crippen LogP contribution in [0.2, 0.25) is 0 Å². The maximum atomic E-state index is 14.7. The van der Waals surface area contributed by atoms with E-state index >= 15 is 0 Å². The lowest BCUT2D eigenvalue weighted by atomic mass is 9.80. The monoisotopic (exact) mass is 390 g/mol. The summed E-state index contributed by atoms with van der Waals surface area (Å²) in [5.74, 6) is -0.814. The van der Waals surface area contributed by atoms with E-state index in [2.05, 4.69) is 13.8 Å². The molecule has 2 amide bonds. The maximum absolute atomic E-state index is 14.7. The van der Waals surface area contributed by atoms with Gasteiger partial charge in [-0.05, 0) is 30.7 Å². The third kappa shape index (κ3) is 4.37. The van der Waals surface area contributed by atoms with Gasteiger partial charge >= 0.3 is 0 Å². The third-order valence-corrected chi connectivity index (χ3v) is 6.00. The van der Waals surface area contributed by atoms with Crippen molar-refractivity contribution in [2.75, 3.05) is 33.4 Å². The molecule has 5 nitrogen and oxygen atoms in total. The molecule has 2 heterocycles. The zero-order valence-corrected chi connectivity index (χ0v) is 17.1. The van der Waals surface area contributed by atoms with Gasteiger partial charge in [0.2, 0.25) is 11.8 Å². The summed E-state index contributed by atoms with van der Waals surface area (Å²) < 4.78 is 19.9. The van der Waals surface area contributed by atoms with Crippen LogP contribution in [-0.2, 0) is 14.3 Å². The lowest BCUT2D eigenvalue weighted by Gasteiger charge is -2.45. The lowest BCUT2D eigenvalue weighted by Crippen LogP contribution is -2.52. The molecule has 0 spiro atoms. The van der Waals surface area contributed by atoms with Gasteiger partial charge in [-0.25, -0.2) is 4.39 Å². The van der Waals surface area contributed by atoms with Gasteiger partial charge in [-0.2, -0.15) is 0 Å². The van der Waals surface area contributed by atoms with Crippen molar-refractivity contribution in [3.8, 4) is 0 Å². The predicted molar refractivity (Wildman–Crippen MR) is 105 cm³/mol. The highest BCUT2D eigenvalue weighted by molar-refractivity contribution is 5.85. The highest BCUT2D eigenvalue weighted by Crippen LogP contribution is 2.40. The number of ether oxygens (including phenoxy) is 1. The average Bonchev–Trinajstić information content (AvgIpc) is 2.66. The molecule has 0 aliphatic carbocycles. The molecule has 6 heteroatoms. The Hall–Kier alpha value is -1.95. The molecule has 2 aliphatic rings. The molecule has 3 rings (SSSR count). The van der Waals surface area contributed by atoms with Gasteiger partial charge in [-0.15, -0.1) is 0 Å². The van der Waals surface area contributed by atoms with Gasteiger partial charge in [-0.3, -0.25) is 9.59 Å². The smallest absolute Gasteiger partial charge is 0.228 e. The van der Waals surface area contributed by atoms with Crippen LogP contribution in [0, 0.1) is 17.2 Å². The first kappa shape index (κ1) is 20.8. The molecule has 2 fully saturated rings. The Morgan fingerprint density at radius 3 is 2.75 bits per heavy atom. The van der Waals surface area contributed by atoms with E-state index in [1.165, 1.54) is 6.07 Å². The number of piperidine rings is 2. The zero-order chi connectivity index (χ0) is 20.3. The summed E-state index contributed by atoms with van der Waals surface area (Å²) in [4.78, 5) is 29.7. The SMILES string of the molecule is COCCN1C(=O)CC[C@@H](C(=O)N2CCCC(C)(C)C2)[C@@H]1c1ccccc1F. The number of hydrogen-bond acceptors (Lipinski definition) is 3. The summed E-state index contributed by atoms with van der Waals surface area (Å²) in [6.45, 7) is 6.50. The summed E-state index contributed by atoms with van der Waals surface area (Å²) in [6, 6.07) is 5.90. The number of carbonyl (C=O) groups is 2. The Morgan fingerprint density at radius 1 is 1.32 bits per heavy atom. The van der Waals surface area contributed by atoms with Crippen LogP contribution in [0.4, 0.5) is 4.39 Å². The van der Waals surface area contributed by atoms with Crippen LogP contribution < -0.4 is 0 Å². The van der Waals surface area contributed by atoms with E-state index in [-0.39, 0.29) is 23.0 Å². The van der Waals surface area contributed by atoms with Crippen LogP contribution in [0.3, 0.4) is 0 Å². The molecule has 2 saturated heterocycles. The summed E-state index contributed by atoms with van der Waals surface area (Å²) in [5.41, 5.74) is 0.503. The van der Waals surface area contributed by atoms with Crippen molar-refractivity contribution in [1.29, 1.82) is 0 Å². The number of nitrogens with zero attached hydrogens (tertiary/aromatic N) is 2. The van der Waals surface area contributed by atoms with Crippen molar-refractivity contribution >= 4 is 11.8 Å². The number of halogens is 1. The van der Waals surface area contributed by atoms with Crippen LogP contribution in [0.15, 0.2) is 24.3 Å². The highest BCUT2D eigenvalue weighted by Gasteiger charge is 2.44. The first-order valence-corrected chi connectivity index (χ1v) is 10.2. The Balaban J connectivity index is 1.94. The van der Waals surface area contributed by atoms with Crippen LogP contribution in [0.5, 0.6) is 0 Å². The molecule has 28 heavy (non-hydrogen) atoms. The van der Waals surface area contributed by atoms with E-state index in [0.29, 0.717) is 38.1 Å². The molecule has 2 atom stereocenters. The van der Waals surface area contributed by atoms with E-state index in [4.69, 9.17) is 4.74 Å². The number of amides is 2. The van der Waals surface area contributed by atoms with Gasteiger partial charge in [0, 0.05) is 38.7 Å². The molecule has 1 aromatic carbocycles. The van der Waals surface area contributed by atoms with Crippen LogP contribution >= 0.6 is 0 Å². The molecule has 0 N–H and O–H groups in total. The molecule has 0 bridgehead atoms. The Labute approximate surface area is 166 Å². The summed E-state index contributed by atoms with van der Waals surface area (Å²) >= 11 is 0. The lowest BCUT2D eigenvalue weighted by molar-refractivity contribution is -0.150. The number of benzene rings is 1. The Kier molecular flexibility index (Phi) is 6.38. The van der Waals surface area contributed by atoms with E-state index in [9.17, 15) is 14.0 Å². The number of carbonyl (C=O) groups excluding carboxylic acids is 2. The standard InChI is InChI=1S/C22H31FN2O3/c1-22(2)11-6-12-24(15-22)21(27)17-9-10-19(26)25(13-14-28-3)20(17)16-7-4-5-8-18(16)23/h4-5,7-8,17,20H,6,9-15H2,1-3H3/t17-,20+/m1/s1. The molecule has 154 valence electrons. The normalized spacial score (nSPS) is 25.1. The molecule has 0 radical (unpaired) electrons. The van der Waals surface area contributed by atoms with E-state index < -0.39 is 12.0 Å². The van der Waals surface area contributed by atoms with E-state index in [1.54, 1.807) is 30.2 Å². The highest BCUT2D eigenvalue weighted by atomic mass is 19.1. The summed E-state index contributed by atoms with van der Waals surface area (Å²) in [7, 11) is 1.57. The second kappa shape index (κ2) is 8.60. The largest absolute Gasteiger partial charge is 0.383 e. The van der Waals surface area contributed by atoms with E-state index in [0.717, 1.165) is 19.4 Å². The second-order valence-electron chi connectivity index (χ2n) is 8.72. The van der Waals surface area contributed by atoms with Crippen LogP contribution in [0.1, 0.15) is 51.1 Å². The number of methoxy groups -OCH3 is 1. The first-order chi connectivity index (χ1) is 13.3. The maximum Gasteiger partial charge on any atom is 0.228 e. The Bertz CT molecular complexity index is 721. The molecule has 0 aromatic heterocycles. The van der Waals surface area contributed by atoms with Crippen molar-refractivity contribution in [2.45, 2.75) is 45.6 Å². The third-order valence-electron chi connectivity index (χ3n) is 6.00. The van der Waals surface area contributed by atoms with Gasteiger partial charge < -0.3 is 14.5 Å². The number of hydrogen-bond donors (Lipinski definition) is 0. The average molecular weight is 390 g/mol. The van der Waals surface area contributed by atoms with Gasteiger partial charge in [0.15, 0.2) is 0 Å². The fourth-order valence-corrected chi connectivity index (χ4v) is 4.61. The zero-order valence-electron chi connectivity index (χ0n) is 17.1. The van der Waals surface area contributed by atoms with Gasteiger partial charge in [-0.1, -0.05) is 32.0 Å². The van der Waals surface area contributed by atoms with Crippen molar-refractivity contribution in [3.63, 3.8) is 0 Å². The minimum atomic E-state index is -0.588. The fraction of sp³-hybridized carbons (Fsp3) is 0.636.